The van der Waals surface area contributed by atoms with Crippen molar-refractivity contribution >= 4 is 22.6 Å². The molecule has 0 fully saturated rings. The van der Waals surface area contributed by atoms with Crippen LogP contribution in [0, 0.1) is 0 Å². The van der Waals surface area contributed by atoms with Gasteiger partial charge in [0, 0.05) is 18.4 Å². The smallest absolute Gasteiger partial charge is 0.185 e. The van der Waals surface area contributed by atoms with Crippen LogP contribution in [0.5, 0.6) is 0 Å². The van der Waals surface area contributed by atoms with Crippen LogP contribution in [0.3, 0.4) is 0 Å². The lowest BCUT2D eigenvalue weighted by molar-refractivity contribution is -0.109. The highest BCUT2D eigenvalue weighted by Crippen LogP contribution is 2.20. The summed E-state index contributed by atoms with van der Waals surface area (Å²) >= 11 is 0.992. The normalized spacial score (nSPS) is 14.4. The summed E-state index contributed by atoms with van der Waals surface area (Å²) < 4.78 is 0. The van der Waals surface area contributed by atoms with Crippen LogP contribution in [0.1, 0.15) is 18.6 Å². The number of rotatable bonds is 4. The number of aliphatic hydroxyl groups is 2. The van der Waals surface area contributed by atoms with Crippen LogP contribution in [-0.2, 0) is 4.79 Å². The average Bonchev–Trinajstić information content (AvgIpc) is 2.26. The van der Waals surface area contributed by atoms with Gasteiger partial charge in [-0.1, -0.05) is 23.9 Å². The molecule has 1 aromatic rings. The molecule has 0 saturated carbocycles. The van der Waals surface area contributed by atoms with Gasteiger partial charge in [-0.05, 0) is 17.7 Å². The van der Waals surface area contributed by atoms with Crippen LogP contribution in [-0.4, -0.2) is 27.2 Å². The molecule has 0 saturated heterocycles. The van der Waals surface area contributed by atoms with Crippen molar-refractivity contribution in [1.29, 1.82) is 0 Å². The molecule has 0 aliphatic carbocycles. The third-order valence-corrected chi connectivity index (χ3v) is 3.01. The van der Waals surface area contributed by atoms with Gasteiger partial charge in [0.1, 0.15) is 6.10 Å². The second-order valence-corrected chi connectivity index (χ2v) is 4.68. The van der Waals surface area contributed by atoms with Crippen molar-refractivity contribution in [3.63, 3.8) is 0 Å². The maximum absolute atomic E-state index is 10.7. The standard InChI is InChI=1S/C11H15NO3S/c1-7(13)16-6-10(14)11(15)8-2-4-9(12)5-3-8/h2-5,10-11,14-15H,6,12H2,1H3. The molecule has 88 valence electrons. The van der Waals surface area contributed by atoms with Gasteiger partial charge in [-0.3, -0.25) is 4.79 Å². The Balaban J connectivity index is 2.59. The van der Waals surface area contributed by atoms with Gasteiger partial charge < -0.3 is 15.9 Å². The molecule has 0 radical (unpaired) electrons. The summed E-state index contributed by atoms with van der Waals surface area (Å²) in [6.07, 6.45) is -1.95. The Morgan fingerprint density at radius 1 is 1.38 bits per heavy atom. The van der Waals surface area contributed by atoms with E-state index in [-0.39, 0.29) is 10.9 Å². The molecule has 5 heteroatoms. The van der Waals surface area contributed by atoms with Crippen LogP contribution in [0.15, 0.2) is 24.3 Å². The van der Waals surface area contributed by atoms with Crippen molar-refractivity contribution in [3.8, 4) is 0 Å². The van der Waals surface area contributed by atoms with Crippen molar-refractivity contribution in [2.24, 2.45) is 0 Å². The molecule has 0 aromatic heterocycles. The van der Waals surface area contributed by atoms with Gasteiger partial charge >= 0.3 is 0 Å². The van der Waals surface area contributed by atoms with E-state index in [0.29, 0.717) is 11.3 Å². The lowest BCUT2D eigenvalue weighted by Gasteiger charge is -2.17. The molecule has 0 spiro atoms. The highest BCUT2D eigenvalue weighted by atomic mass is 32.2. The van der Waals surface area contributed by atoms with Crippen LogP contribution in [0.4, 0.5) is 5.69 Å². The molecule has 1 aromatic carbocycles. The lowest BCUT2D eigenvalue weighted by Crippen LogP contribution is -2.21. The topological polar surface area (TPSA) is 83.5 Å². The van der Waals surface area contributed by atoms with Crippen LogP contribution in [0.25, 0.3) is 0 Å². The summed E-state index contributed by atoms with van der Waals surface area (Å²) in [4.78, 5) is 10.7. The summed E-state index contributed by atoms with van der Waals surface area (Å²) in [6, 6.07) is 6.62. The van der Waals surface area contributed by atoms with Gasteiger partial charge in [-0.25, -0.2) is 0 Å². The number of hydrogen-bond acceptors (Lipinski definition) is 5. The highest BCUT2D eigenvalue weighted by molar-refractivity contribution is 8.13. The summed E-state index contributed by atoms with van der Waals surface area (Å²) in [5.74, 6) is 0.181. The second-order valence-electron chi connectivity index (χ2n) is 3.48. The average molecular weight is 241 g/mol. The minimum Gasteiger partial charge on any atom is -0.399 e. The van der Waals surface area contributed by atoms with Gasteiger partial charge in [-0.2, -0.15) is 0 Å². The number of aliphatic hydroxyl groups excluding tert-OH is 2. The minimum absolute atomic E-state index is 0.0800. The largest absolute Gasteiger partial charge is 0.399 e. The molecule has 0 aliphatic heterocycles. The Hall–Kier alpha value is -1.04. The fourth-order valence-electron chi connectivity index (χ4n) is 1.21. The number of benzene rings is 1. The molecule has 16 heavy (non-hydrogen) atoms. The van der Waals surface area contributed by atoms with Crippen molar-refractivity contribution in [2.75, 3.05) is 11.5 Å². The first-order chi connectivity index (χ1) is 7.50. The Bertz CT molecular complexity index is 353. The fraction of sp³-hybridized carbons (Fsp3) is 0.364. The lowest BCUT2D eigenvalue weighted by atomic mass is 10.1. The molecular weight excluding hydrogens is 226 g/mol. The number of nitrogen functional groups attached to an aromatic ring is 1. The third kappa shape index (κ3) is 3.84. The number of nitrogens with two attached hydrogens (primary N) is 1. The number of hydrogen-bond donors (Lipinski definition) is 3. The molecule has 0 heterocycles. The van der Waals surface area contributed by atoms with Gasteiger partial charge in [0.05, 0.1) is 6.10 Å². The van der Waals surface area contributed by atoms with Crippen LogP contribution >= 0.6 is 11.8 Å². The van der Waals surface area contributed by atoms with Crippen molar-refractivity contribution in [2.45, 2.75) is 19.1 Å². The summed E-state index contributed by atoms with van der Waals surface area (Å²) in [5, 5.41) is 19.3. The monoisotopic (exact) mass is 241 g/mol. The SMILES string of the molecule is CC(=O)SCC(O)C(O)c1ccc(N)cc1. The molecule has 0 amide bonds. The molecule has 0 aliphatic rings. The van der Waals surface area contributed by atoms with E-state index >= 15 is 0 Å². The molecule has 4 nitrogen and oxygen atoms in total. The van der Waals surface area contributed by atoms with Crippen molar-refractivity contribution in [3.05, 3.63) is 29.8 Å². The first-order valence-corrected chi connectivity index (χ1v) is 5.84. The summed E-state index contributed by atoms with van der Waals surface area (Å²) in [5.41, 5.74) is 6.70. The third-order valence-electron chi connectivity index (χ3n) is 2.10. The van der Waals surface area contributed by atoms with E-state index < -0.39 is 12.2 Å². The Morgan fingerprint density at radius 2 is 1.94 bits per heavy atom. The van der Waals surface area contributed by atoms with E-state index in [1.807, 2.05) is 0 Å². The summed E-state index contributed by atoms with van der Waals surface area (Å²) in [7, 11) is 0. The van der Waals surface area contributed by atoms with E-state index in [4.69, 9.17) is 5.73 Å². The molecular formula is C11H15NO3S. The van der Waals surface area contributed by atoms with Gasteiger partial charge in [0.25, 0.3) is 0 Å². The Kier molecular flexibility index (Phi) is 4.79. The van der Waals surface area contributed by atoms with Gasteiger partial charge in [-0.15, -0.1) is 0 Å². The van der Waals surface area contributed by atoms with Gasteiger partial charge in [0.2, 0.25) is 0 Å². The van der Waals surface area contributed by atoms with E-state index in [9.17, 15) is 15.0 Å². The molecule has 2 atom stereocenters. The maximum Gasteiger partial charge on any atom is 0.185 e. The number of carbonyl (C=O) groups is 1. The van der Waals surface area contributed by atoms with Crippen molar-refractivity contribution < 1.29 is 15.0 Å². The zero-order chi connectivity index (χ0) is 12.1. The van der Waals surface area contributed by atoms with E-state index in [1.165, 1.54) is 6.92 Å². The molecule has 0 bridgehead atoms. The van der Waals surface area contributed by atoms with Crippen LogP contribution < -0.4 is 5.73 Å². The Labute approximate surface area is 98.5 Å². The zero-order valence-corrected chi connectivity index (χ0v) is 9.78. The summed E-state index contributed by atoms with van der Waals surface area (Å²) in [6.45, 7) is 1.42. The van der Waals surface area contributed by atoms with Crippen LogP contribution in [0.2, 0.25) is 0 Å². The number of anilines is 1. The minimum atomic E-state index is -0.993. The zero-order valence-electron chi connectivity index (χ0n) is 8.96. The first kappa shape index (κ1) is 13.0. The quantitative estimate of drug-likeness (QED) is 0.683. The molecule has 1 rings (SSSR count). The highest BCUT2D eigenvalue weighted by Gasteiger charge is 2.18. The van der Waals surface area contributed by atoms with Gasteiger partial charge in [0.15, 0.2) is 5.12 Å². The van der Waals surface area contributed by atoms with E-state index in [0.717, 1.165) is 11.8 Å². The second kappa shape index (κ2) is 5.89. The number of carbonyl (C=O) groups excluding carboxylic acids is 1. The van der Waals surface area contributed by atoms with Crippen molar-refractivity contribution in [1.82, 2.24) is 0 Å². The first-order valence-electron chi connectivity index (χ1n) is 4.85. The van der Waals surface area contributed by atoms with E-state index in [2.05, 4.69) is 0 Å². The maximum atomic E-state index is 10.7. The predicted molar refractivity (Wildman–Crippen MR) is 65.0 cm³/mol. The fourth-order valence-corrected chi connectivity index (χ4v) is 1.80. The van der Waals surface area contributed by atoms with E-state index in [1.54, 1.807) is 24.3 Å². The molecule has 4 N–H and O–H groups in total. The Morgan fingerprint density at radius 3 is 2.44 bits per heavy atom. The molecule has 2 unspecified atom stereocenters. The predicted octanol–water partition coefficient (Wildman–Crippen LogP) is 0.943. The number of thioether (sulfide) groups is 1.